The summed E-state index contributed by atoms with van der Waals surface area (Å²) in [6, 6.07) is 19.0. The van der Waals surface area contributed by atoms with Crippen molar-refractivity contribution in [1.82, 2.24) is 15.2 Å². The van der Waals surface area contributed by atoms with Gasteiger partial charge in [0.05, 0.1) is 31.4 Å². The van der Waals surface area contributed by atoms with Gasteiger partial charge in [-0.05, 0) is 17.5 Å². The minimum atomic E-state index is 0.00683. The maximum absolute atomic E-state index is 12.7. The van der Waals surface area contributed by atoms with Crippen molar-refractivity contribution in [3.8, 4) is 10.6 Å². The van der Waals surface area contributed by atoms with Crippen LogP contribution in [0.25, 0.3) is 10.6 Å². The third-order valence-electron chi connectivity index (χ3n) is 5.67. The van der Waals surface area contributed by atoms with E-state index in [1.54, 1.807) is 11.3 Å². The zero-order chi connectivity index (χ0) is 21.5. The smallest absolute Gasteiger partial charge is 0.226 e. The van der Waals surface area contributed by atoms with Crippen LogP contribution in [0.15, 0.2) is 60.0 Å². The highest BCUT2D eigenvalue weighted by atomic mass is 32.1. The molecule has 162 valence electrons. The number of carbonyl (C=O) groups is 1. The summed E-state index contributed by atoms with van der Waals surface area (Å²) in [5.74, 6) is 0.00683. The average molecular weight is 436 g/mol. The van der Waals surface area contributed by atoms with E-state index in [1.807, 2.05) is 11.4 Å². The van der Waals surface area contributed by atoms with E-state index in [2.05, 4.69) is 70.7 Å². The molecule has 0 bridgehead atoms. The summed E-state index contributed by atoms with van der Waals surface area (Å²) in [7, 11) is 0. The first-order valence-electron chi connectivity index (χ1n) is 10.9. The van der Waals surface area contributed by atoms with Gasteiger partial charge in [0.25, 0.3) is 0 Å². The summed E-state index contributed by atoms with van der Waals surface area (Å²) in [6.45, 7) is 5.95. The molecule has 0 aliphatic carbocycles. The number of amides is 1. The van der Waals surface area contributed by atoms with Crippen molar-refractivity contribution in [2.45, 2.75) is 25.8 Å². The lowest BCUT2D eigenvalue weighted by Gasteiger charge is -2.34. The van der Waals surface area contributed by atoms with Gasteiger partial charge in [-0.15, -0.1) is 11.3 Å². The van der Waals surface area contributed by atoms with Gasteiger partial charge in [0.15, 0.2) is 0 Å². The van der Waals surface area contributed by atoms with Gasteiger partial charge in [-0.3, -0.25) is 9.69 Å². The molecule has 0 spiro atoms. The summed E-state index contributed by atoms with van der Waals surface area (Å²) < 4.78 is 5.51. The Bertz CT molecular complexity index is 966. The minimum Gasteiger partial charge on any atom is -0.379 e. The van der Waals surface area contributed by atoms with Gasteiger partial charge >= 0.3 is 0 Å². The predicted molar refractivity (Wildman–Crippen MR) is 125 cm³/mol. The standard InChI is InChI=1S/C25H29N3O2S/c1-2-19-8-10-21(11-9-19)25-27-22(18-31-25)16-24(29)26-17-23(20-6-4-3-5-7-20)28-12-14-30-15-13-28/h3-11,18,23H,2,12-17H2,1H3,(H,26,29). The molecule has 1 unspecified atom stereocenters. The number of thiazole rings is 1. The second kappa shape index (κ2) is 10.7. The first-order valence-corrected chi connectivity index (χ1v) is 11.8. The van der Waals surface area contributed by atoms with E-state index >= 15 is 0 Å². The number of benzene rings is 2. The molecule has 0 saturated carbocycles. The first kappa shape index (κ1) is 21.7. The summed E-state index contributed by atoms with van der Waals surface area (Å²) in [5, 5.41) is 6.08. The molecule has 1 fully saturated rings. The van der Waals surface area contributed by atoms with Crippen LogP contribution in [0.4, 0.5) is 0 Å². The van der Waals surface area contributed by atoms with Crippen LogP contribution < -0.4 is 5.32 Å². The van der Waals surface area contributed by atoms with Crippen molar-refractivity contribution in [1.29, 1.82) is 0 Å². The van der Waals surface area contributed by atoms with Gasteiger partial charge in [0, 0.05) is 30.6 Å². The molecule has 1 aliphatic heterocycles. The molecule has 2 aromatic carbocycles. The van der Waals surface area contributed by atoms with E-state index in [4.69, 9.17) is 4.74 Å². The van der Waals surface area contributed by atoms with Gasteiger partial charge < -0.3 is 10.1 Å². The number of carbonyl (C=O) groups excluding carboxylic acids is 1. The van der Waals surface area contributed by atoms with Crippen LogP contribution in [0.3, 0.4) is 0 Å². The fourth-order valence-electron chi connectivity index (χ4n) is 3.86. The highest BCUT2D eigenvalue weighted by Gasteiger charge is 2.23. The Morgan fingerprint density at radius 1 is 1.13 bits per heavy atom. The molecule has 1 aromatic heterocycles. The largest absolute Gasteiger partial charge is 0.379 e. The number of ether oxygens (including phenoxy) is 1. The van der Waals surface area contributed by atoms with Crippen LogP contribution in [0.2, 0.25) is 0 Å². The Morgan fingerprint density at radius 2 is 1.87 bits per heavy atom. The zero-order valence-electron chi connectivity index (χ0n) is 17.9. The lowest BCUT2D eigenvalue weighted by Crippen LogP contribution is -2.44. The van der Waals surface area contributed by atoms with Crippen LogP contribution in [0.5, 0.6) is 0 Å². The number of hydrogen-bond acceptors (Lipinski definition) is 5. The number of aryl methyl sites for hydroxylation is 1. The molecule has 1 aliphatic rings. The SMILES string of the molecule is CCc1ccc(-c2nc(CC(=O)NCC(c3ccccc3)N3CCOCC3)cs2)cc1. The monoisotopic (exact) mass is 435 g/mol. The summed E-state index contributed by atoms with van der Waals surface area (Å²) in [6.07, 6.45) is 1.33. The molecule has 0 radical (unpaired) electrons. The van der Waals surface area contributed by atoms with Crippen molar-refractivity contribution >= 4 is 17.2 Å². The fourth-order valence-corrected chi connectivity index (χ4v) is 4.69. The molecule has 4 rings (SSSR count). The van der Waals surface area contributed by atoms with E-state index in [0.29, 0.717) is 13.0 Å². The number of nitrogens with zero attached hydrogens (tertiary/aromatic N) is 2. The highest BCUT2D eigenvalue weighted by molar-refractivity contribution is 7.13. The van der Waals surface area contributed by atoms with Gasteiger partial charge in [-0.2, -0.15) is 0 Å². The Labute approximate surface area is 188 Å². The molecule has 6 heteroatoms. The van der Waals surface area contributed by atoms with Crippen molar-refractivity contribution in [2.24, 2.45) is 0 Å². The lowest BCUT2D eigenvalue weighted by molar-refractivity contribution is -0.120. The predicted octanol–water partition coefficient (Wildman–Crippen LogP) is 4.10. The number of rotatable bonds is 8. The normalized spacial score (nSPS) is 15.5. The second-order valence-electron chi connectivity index (χ2n) is 7.75. The molecule has 1 atom stereocenters. The van der Waals surface area contributed by atoms with E-state index < -0.39 is 0 Å². The maximum atomic E-state index is 12.7. The quantitative estimate of drug-likeness (QED) is 0.579. The van der Waals surface area contributed by atoms with Crippen LogP contribution >= 0.6 is 11.3 Å². The van der Waals surface area contributed by atoms with E-state index in [-0.39, 0.29) is 11.9 Å². The molecule has 3 aromatic rings. The Hall–Kier alpha value is -2.54. The van der Waals surface area contributed by atoms with E-state index in [1.165, 1.54) is 11.1 Å². The molecule has 1 saturated heterocycles. The fraction of sp³-hybridized carbons (Fsp3) is 0.360. The van der Waals surface area contributed by atoms with Crippen molar-refractivity contribution in [3.05, 3.63) is 76.8 Å². The number of morpholine rings is 1. The van der Waals surface area contributed by atoms with Gasteiger partial charge in [0.1, 0.15) is 5.01 Å². The molecule has 1 amide bonds. The molecule has 1 N–H and O–H groups in total. The summed E-state index contributed by atoms with van der Waals surface area (Å²) in [5.41, 5.74) is 4.45. The Balaban J connectivity index is 1.36. The van der Waals surface area contributed by atoms with Crippen molar-refractivity contribution in [2.75, 3.05) is 32.8 Å². The molecule has 31 heavy (non-hydrogen) atoms. The maximum Gasteiger partial charge on any atom is 0.226 e. The summed E-state index contributed by atoms with van der Waals surface area (Å²) in [4.78, 5) is 19.7. The topological polar surface area (TPSA) is 54.5 Å². The second-order valence-corrected chi connectivity index (χ2v) is 8.61. The first-order chi connectivity index (χ1) is 15.2. The third-order valence-corrected chi connectivity index (χ3v) is 6.61. The molecular formula is C25H29N3O2S. The van der Waals surface area contributed by atoms with Crippen molar-refractivity contribution in [3.63, 3.8) is 0 Å². The lowest BCUT2D eigenvalue weighted by atomic mass is 10.0. The van der Waals surface area contributed by atoms with E-state index in [0.717, 1.165) is 49.0 Å². The van der Waals surface area contributed by atoms with Gasteiger partial charge in [-0.1, -0.05) is 61.5 Å². The van der Waals surface area contributed by atoms with Crippen LogP contribution in [0, 0.1) is 0 Å². The van der Waals surface area contributed by atoms with Crippen LogP contribution in [-0.4, -0.2) is 48.6 Å². The third kappa shape index (κ3) is 5.79. The van der Waals surface area contributed by atoms with E-state index in [9.17, 15) is 4.79 Å². The Kier molecular flexibility index (Phi) is 7.46. The Morgan fingerprint density at radius 3 is 2.58 bits per heavy atom. The van der Waals surface area contributed by atoms with Gasteiger partial charge in [-0.25, -0.2) is 4.98 Å². The molecule has 5 nitrogen and oxygen atoms in total. The van der Waals surface area contributed by atoms with Crippen LogP contribution in [-0.2, 0) is 22.4 Å². The van der Waals surface area contributed by atoms with Gasteiger partial charge in [0.2, 0.25) is 5.91 Å². The van der Waals surface area contributed by atoms with Crippen LogP contribution in [0.1, 0.15) is 29.8 Å². The van der Waals surface area contributed by atoms with Crippen molar-refractivity contribution < 1.29 is 9.53 Å². The number of hydrogen-bond donors (Lipinski definition) is 1. The average Bonchev–Trinajstić information content (AvgIpc) is 3.29. The molecular weight excluding hydrogens is 406 g/mol. The highest BCUT2D eigenvalue weighted by Crippen LogP contribution is 2.25. The minimum absolute atomic E-state index is 0.00683. The zero-order valence-corrected chi connectivity index (χ0v) is 18.7. The number of aromatic nitrogens is 1. The number of nitrogens with one attached hydrogen (secondary N) is 1. The molecule has 2 heterocycles. The summed E-state index contributed by atoms with van der Waals surface area (Å²) >= 11 is 1.59.